The molecule has 232 valence electrons. The van der Waals surface area contributed by atoms with Gasteiger partial charge in [-0.3, -0.25) is 4.90 Å². The van der Waals surface area contributed by atoms with E-state index in [1.54, 1.807) is 13.8 Å². The number of nitrogens with one attached hydrogen (secondary N) is 2. The first kappa shape index (κ1) is 32.7. The summed E-state index contributed by atoms with van der Waals surface area (Å²) in [6.45, 7) is 15.3. The molecule has 1 aromatic heterocycles. The monoisotopic (exact) mass is 607 g/mol. The van der Waals surface area contributed by atoms with E-state index in [2.05, 4.69) is 51.3 Å². The molecule has 1 fully saturated rings. The number of nitrogens with zero attached hydrogens (tertiary/aromatic N) is 3. The van der Waals surface area contributed by atoms with Gasteiger partial charge in [0.2, 0.25) is 0 Å². The number of sulfonamides is 1. The summed E-state index contributed by atoms with van der Waals surface area (Å²) in [6.07, 6.45) is 1.88. The molecule has 2 heterocycles. The average molecular weight is 608 g/mol. The van der Waals surface area contributed by atoms with Crippen LogP contribution in [-0.2, 0) is 26.5 Å². The zero-order chi connectivity index (χ0) is 31.3. The van der Waals surface area contributed by atoms with E-state index in [4.69, 9.17) is 9.47 Å². The molecule has 1 aliphatic rings. The molecule has 0 atom stereocenters. The Morgan fingerprint density at radius 3 is 2.44 bits per heavy atom. The fourth-order valence-corrected chi connectivity index (χ4v) is 6.38. The molecule has 3 aromatic rings. The number of rotatable bonds is 12. The van der Waals surface area contributed by atoms with Crippen LogP contribution in [0.2, 0.25) is 0 Å². The van der Waals surface area contributed by atoms with Gasteiger partial charge in [0.15, 0.2) is 4.91 Å². The van der Waals surface area contributed by atoms with Crippen LogP contribution in [0.1, 0.15) is 46.7 Å². The molecule has 0 saturated carbocycles. The molecule has 10 heteroatoms. The van der Waals surface area contributed by atoms with Crippen LogP contribution in [0.3, 0.4) is 0 Å². The number of ether oxygens (including phenoxy) is 2. The Bertz CT molecular complexity index is 1590. The summed E-state index contributed by atoms with van der Waals surface area (Å²) in [5.41, 5.74) is 2.52. The van der Waals surface area contributed by atoms with E-state index in [1.165, 1.54) is 6.08 Å². The predicted molar refractivity (Wildman–Crippen MR) is 174 cm³/mol. The molecule has 0 unspecified atom stereocenters. The van der Waals surface area contributed by atoms with Gasteiger partial charge in [-0.1, -0.05) is 18.2 Å². The van der Waals surface area contributed by atoms with Gasteiger partial charge in [0.05, 0.1) is 18.8 Å². The topological polar surface area (TPSA) is 109 Å². The van der Waals surface area contributed by atoms with Gasteiger partial charge in [-0.2, -0.15) is 5.26 Å². The predicted octanol–water partition coefficient (Wildman–Crippen LogP) is 5.36. The number of fused-ring (bicyclic) bond motifs is 1. The minimum atomic E-state index is -4.05. The molecule has 0 radical (unpaired) electrons. The number of allylic oxidation sites excluding steroid dienone is 1. The molecule has 2 aromatic carbocycles. The largest absolute Gasteiger partial charge is 0.384 e. The van der Waals surface area contributed by atoms with Gasteiger partial charge >= 0.3 is 0 Å². The third kappa shape index (κ3) is 9.15. The highest BCUT2D eigenvalue weighted by molar-refractivity contribution is 7.93. The summed E-state index contributed by atoms with van der Waals surface area (Å²) in [5, 5.41) is 15.6. The maximum Gasteiger partial charge on any atom is 0.251 e. The summed E-state index contributed by atoms with van der Waals surface area (Å²) in [4.78, 5) is 2.07. The maximum absolute atomic E-state index is 13.2. The first-order valence-corrected chi connectivity index (χ1v) is 16.3. The normalized spacial score (nSPS) is 15.5. The second-order valence-electron chi connectivity index (χ2n) is 12.7. The van der Waals surface area contributed by atoms with Gasteiger partial charge in [-0.15, -0.1) is 0 Å². The van der Waals surface area contributed by atoms with Crippen molar-refractivity contribution in [3.05, 3.63) is 59.1 Å². The van der Waals surface area contributed by atoms with Gasteiger partial charge in [-0.05, 0) is 93.8 Å². The lowest BCUT2D eigenvalue weighted by Gasteiger charge is -2.28. The zero-order valence-corrected chi connectivity index (χ0v) is 27.1. The number of nitriles is 1. The molecular weight excluding hydrogens is 562 g/mol. The van der Waals surface area contributed by atoms with Gasteiger partial charge in [0.25, 0.3) is 10.0 Å². The Labute approximate surface area is 256 Å². The molecule has 0 aliphatic carbocycles. The maximum atomic E-state index is 13.2. The number of morpholine rings is 1. The molecular formula is C33H45N5O4S. The minimum Gasteiger partial charge on any atom is -0.384 e. The van der Waals surface area contributed by atoms with Gasteiger partial charge in [-0.25, -0.2) is 13.1 Å². The number of benzene rings is 2. The Hall–Kier alpha value is -3.20. The molecule has 0 bridgehead atoms. The van der Waals surface area contributed by atoms with E-state index >= 15 is 0 Å². The summed E-state index contributed by atoms with van der Waals surface area (Å²) in [7, 11) is -2.17. The number of aromatic nitrogens is 1. The van der Waals surface area contributed by atoms with Crippen molar-refractivity contribution in [2.75, 3.05) is 51.3 Å². The molecule has 4 rings (SSSR count). The van der Waals surface area contributed by atoms with Crippen LogP contribution in [0.5, 0.6) is 0 Å². The third-order valence-corrected chi connectivity index (χ3v) is 9.12. The van der Waals surface area contributed by atoms with Crippen molar-refractivity contribution in [2.24, 2.45) is 7.05 Å². The van der Waals surface area contributed by atoms with Gasteiger partial charge < -0.3 is 19.4 Å². The van der Waals surface area contributed by atoms with Crippen molar-refractivity contribution in [3.8, 4) is 17.3 Å². The number of anilines is 1. The highest BCUT2D eigenvalue weighted by Crippen LogP contribution is 2.29. The van der Waals surface area contributed by atoms with Crippen LogP contribution in [0.15, 0.2) is 53.4 Å². The van der Waals surface area contributed by atoms with Crippen LogP contribution in [0.4, 0.5) is 5.69 Å². The summed E-state index contributed by atoms with van der Waals surface area (Å²) in [6, 6.07) is 18.3. The Kier molecular flexibility index (Phi) is 10.4. The highest BCUT2D eigenvalue weighted by Gasteiger charge is 2.29. The molecule has 9 nitrogen and oxygen atoms in total. The third-order valence-electron chi connectivity index (χ3n) is 7.51. The fourth-order valence-electron chi connectivity index (χ4n) is 5.05. The lowest BCUT2D eigenvalue weighted by Crippen LogP contribution is -2.44. The second-order valence-corrected chi connectivity index (χ2v) is 14.3. The van der Waals surface area contributed by atoms with Crippen LogP contribution < -0.4 is 10.0 Å². The second kappa shape index (κ2) is 13.6. The molecule has 1 aliphatic heterocycles. The van der Waals surface area contributed by atoms with Crippen molar-refractivity contribution >= 4 is 32.6 Å². The Morgan fingerprint density at radius 2 is 1.74 bits per heavy atom. The first-order chi connectivity index (χ1) is 20.3. The first-order valence-electron chi connectivity index (χ1n) is 14.8. The Morgan fingerprint density at radius 1 is 1.05 bits per heavy atom. The number of hydrogen-bond acceptors (Lipinski definition) is 7. The van der Waals surface area contributed by atoms with Crippen LogP contribution in [0, 0.1) is 11.3 Å². The van der Waals surface area contributed by atoms with E-state index in [9.17, 15) is 13.7 Å². The van der Waals surface area contributed by atoms with E-state index < -0.39 is 15.6 Å². The summed E-state index contributed by atoms with van der Waals surface area (Å²) in [5.74, 6) is 0. The van der Waals surface area contributed by atoms with Crippen LogP contribution >= 0.6 is 0 Å². The molecule has 2 N–H and O–H groups in total. The smallest absolute Gasteiger partial charge is 0.251 e. The van der Waals surface area contributed by atoms with Crippen molar-refractivity contribution in [1.29, 1.82) is 5.26 Å². The summed E-state index contributed by atoms with van der Waals surface area (Å²) >= 11 is 0. The van der Waals surface area contributed by atoms with E-state index in [1.807, 2.05) is 50.6 Å². The van der Waals surface area contributed by atoms with Crippen molar-refractivity contribution in [3.63, 3.8) is 0 Å². The lowest BCUT2D eigenvalue weighted by atomic mass is 10.0. The van der Waals surface area contributed by atoms with Crippen LogP contribution in [0.25, 0.3) is 28.1 Å². The number of hydrogen-bond donors (Lipinski definition) is 2. The van der Waals surface area contributed by atoms with Crippen molar-refractivity contribution in [1.82, 2.24) is 14.2 Å². The van der Waals surface area contributed by atoms with Crippen molar-refractivity contribution in [2.45, 2.75) is 52.2 Å². The van der Waals surface area contributed by atoms with E-state index in [0.717, 1.165) is 67.1 Å². The highest BCUT2D eigenvalue weighted by atomic mass is 32.2. The molecule has 43 heavy (non-hydrogen) atoms. The molecule has 1 saturated heterocycles. The minimum absolute atomic E-state index is 0.314. The van der Waals surface area contributed by atoms with E-state index in [0.29, 0.717) is 18.7 Å². The van der Waals surface area contributed by atoms with Crippen molar-refractivity contribution < 1.29 is 17.9 Å². The van der Waals surface area contributed by atoms with Gasteiger partial charge in [0, 0.05) is 62.4 Å². The van der Waals surface area contributed by atoms with E-state index in [-0.39, 0.29) is 10.5 Å². The zero-order valence-electron chi connectivity index (χ0n) is 26.2. The fraction of sp³-hybridized carbons (Fsp3) is 0.485. The molecule has 0 spiro atoms. The standard InChI is InChI=1S/C33H45N5O4S/c1-32(2,3)42-18-13-33(4,5)36-43(39,40)30(24-34)23-29-11-12-31(37(29)6)27-8-7-26-22-28(10-9-25(26)21-27)35-14-15-38-16-19-41-20-17-38/h7-12,21-23,35-36H,13-20H2,1-6H3/b30-23+. The Balaban J connectivity index is 1.45. The SMILES string of the molecule is Cn1c(/C=C(\C#N)S(=O)(=O)NC(C)(C)CCOC(C)(C)C)ccc1-c1ccc2cc(NCCN3CCOCC3)ccc2c1. The summed E-state index contributed by atoms with van der Waals surface area (Å²) < 4.78 is 42.1. The van der Waals surface area contributed by atoms with Gasteiger partial charge in [0.1, 0.15) is 6.07 Å². The lowest BCUT2D eigenvalue weighted by molar-refractivity contribution is -0.0102. The molecule has 0 amide bonds. The average Bonchev–Trinajstić information content (AvgIpc) is 3.30. The quantitative estimate of drug-likeness (QED) is 0.267. The van der Waals surface area contributed by atoms with Crippen LogP contribution in [-0.4, -0.2) is 75.0 Å².